The van der Waals surface area contributed by atoms with Crippen LogP contribution in [0.3, 0.4) is 0 Å². The van der Waals surface area contributed by atoms with Crippen LogP contribution in [0.1, 0.15) is 38.4 Å². The molecule has 4 heteroatoms. The zero-order chi connectivity index (χ0) is 13.8. The molecule has 2 unspecified atom stereocenters. The minimum atomic E-state index is -0.184. The van der Waals surface area contributed by atoms with Crippen molar-refractivity contribution in [3.63, 3.8) is 0 Å². The highest BCUT2D eigenvalue weighted by Crippen LogP contribution is 2.35. The first-order valence-electron chi connectivity index (χ1n) is 6.88. The minimum absolute atomic E-state index is 0.131. The summed E-state index contributed by atoms with van der Waals surface area (Å²) in [6, 6.07) is 5.67. The summed E-state index contributed by atoms with van der Waals surface area (Å²) >= 11 is 3.29. The van der Waals surface area contributed by atoms with Gasteiger partial charge in [-0.05, 0) is 25.0 Å². The molecule has 1 fully saturated rings. The molecule has 1 heterocycles. The third-order valence-corrected chi connectivity index (χ3v) is 4.00. The maximum atomic E-state index is 14.1. The van der Waals surface area contributed by atoms with Gasteiger partial charge in [0.1, 0.15) is 5.82 Å². The van der Waals surface area contributed by atoms with E-state index in [4.69, 9.17) is 4.74 Å². The van der Waals surface area contributed by atoms with Gasteiger partial charge in [0, 0.05) is 35.1 Å². The van der Waals surface area contributed by atoms with E-state index in [0.29, 0.717) is 17.5 Å². The van der Waals surface area contributed by atoms with Gasteiger partial charge >= 0.3 is 0 Å². The zero-order valence-electron chi connectivity index (χ0n) is 11.5. The van der Waals surface area contributed by atoms with Crippen molar-refractivity contribution < 1.29 is 9.13 Å². The Kier molecular flexibility index (Phi) is 5.37. The van der Waals surface area contributed by atoms with Crippen LogP contribution in [0.4, 0.5) is 4.39 Å². The predicted molar refractivity (Wildman–Crippen MR) is 78.7 cm³/mol. The molecule has 0 aliphatic carbocycles. The van der Waals surface area contributed by atoms with Crippen LogP contribution < -0.4 is 5.32 Å². The third kappa shape index (κ3) is 4.01. The number of halogens is 2. The molecule has 19 heavy (non-hydrogen) atoms. The molecule has 106 valence electrons. The van der Waals surface area contributed by atoms with E-state index in [0.717, 1.165) is 30.5 Å². The summed E-state index contributed by atoms with van der Waals surface area (Å²) in [5.74, 6) is 0.155. The van der Waals surface area contributed by atoms with Gasteiger partial charge in [0.2, 0.25) is 0 Å². The number of ether oxygens (including phenoxy) is 1. The lowest BCUT2D eigenvalue weighted by molar-refractivity contribution is -0.0301. The average molecular weight is 330 g/mol. The summed E-state index contributed by atoms with van der Waals surface area (Å²) in [4.78, 5) is 0. The Bertz CT molecular complexity index is 425. The van der Waals surface area contributed by atoms with Gasteiger partial charge in [-0.1, -0.05) is 35.8 Å². The Morgan fingerprint density at radius 3 is 2.95 bits per heavy atom. The Hall–Kier alpha value is -0.450. The Morgan fingerprint density at radius 2 is 2.26 bits per heavy atom. The molecule has 1 saturated heterocycles. The summed E-state index contributed by atoms with van der Waals surface area (Å²) in [5, 5.41) is 3.43. The predicted octanol–water partition coefficient (Wildman–Crippen LogP) is 4.05. The lowest BCUT2D eigenvalue weighted by atomic mass is 9.89. The maximum Gasteiger partial charge on any atom is 0.130 e. The van der Waals surface area contributed by atoms with E-state index >= 15 is 0 Å². The molecular formula is C15H21BrFNO. The molecule has 2 rings (SSSR count). The average Bonchev–Trinajstić information content (AvgIpc) is 2.37. The van der Waals surface area contributed by atoms with E-state index < -0.39 is 0 Å². The maximum absolute atomic E-state index is 14.1. The first-order valence-corrected chi connectivity index (χ1v) is 7.67. The molecule has 2 nitrogen and oxygen atoms in total. The van der Waals surface area contributed by atoms with E-state index in [2.05, 4.69) is 35.1 Å². The summed E-state index contributed by atoms with van der Waals surface area (Å²) in [6.45, 7) is 5.84. The molecular weight excluding hydrogens is 309 g/mol. The molecule has 2 atom stereocenters. The van der Waals surface area contributed by atoms with Crippen molar-refractivity contribution in [2.45, 2.75) is 38.8 Å². The number of rotatable bonds is 4. The fourth-order valence-electron chi connectivity index (χ4n) is 2.52. The Balaban J connectivity index is 2.14. The van der Waals surface area contributed by atoms with E-state index in [1.54, 1.807) is 0 Å². The van der Waals surface area contributed by atoms with Crippen LogP contribution in [0, 0.1) is 11.7 Å². The van der Waals surface area contributed by atoms with Gasteiger partial charge in [0.05, 0.1) is 6.10 Å². The summed E-state index contributed by atoms with van der Waals surface area (Å²) < 4.78 is 20.7. The van der Waals surface area contributed by atoms with Crippen molar-refractivity contribution in [2.75, 3.05) is 13.2 Å². The zero-order valence-corrected chi connectivity index (χ0v) is 13.0. The summed E-state index contributed by atoms with van der Waals surface area (Å²) in [6.07, 6.45) is 2.01. The molecule has 1 N–H and O–H groups in total. The second kappa shape index (κ2) is 6.82. The largest absolute Gasteiger partial charge is 0.373 e. The molecule has 0 radical (unpaired) electrons. The van der Waals surface area contributed by atoms with Gasteiger partial charge in [-0.2, -0.15) is 0 Å². The molecule has 0 spiro atoms. The fraction of sp³-hybridized carbons (Fsp3) is 0.600. The molecule has 0 bridgehead atoms. The molecule has 1 aliphatic heterocycles. The molecule has 1 aromatic carbocycles. The second-order valence-corrected chi connectivity index (χ2v) is 6.34. The van der Waals surface area contributed by atoms with Crippen molar-refractivity contribution in [3.05, 3.63) is 34.1 Å². The number of hydrogen-bond donors (Lipinski definition) is 1. The highest BCUT2D eigenvalue weighted by molar-refractivity contribution is 9.10. The molecule has 0 amide bonds. The van der Waals surface area contributed by atoms with Crippen molar-refractivity contribution in [2.24, 2.45) is 5.92 Å². The molecule has 0 aromatic heterocycles. The first-order chi connectivity index (χ1) is 9.08. The molecule has 1 aromatic rings. The Labute approximate surface area is 122 Å². The van der Waals surface area contributed by atoms with Crippen LogP contribution in [0.25, 0.3) is 0 Å². The standard InChI is InChI=1S/C15H21BrFNO/c1-10(2)18-9-11-4-3-7-19-15(11)13-6-5-12(16)8-14(13)17/h5-6,8,10-11,15,18H,3-4,7,9H2,1-2H3. The van der Waals surface area contributed by atoms with Crippen LogP contribution >= 0.6 is 15.9 Å². The van der Waals surface area contributed by atoms with Crippen molar-refractivity contribution in [1.82, 2.24) is 5.32 Å². The lowest BCUT2D eigenvalue weighted by Crippen LogP contribution is -2.35. The van der Waals surface area contributed by atoms with Gasteiger partial charge in [-0.15, -0.1) is 0 Å². The van der Waals surface area contributed by atoms with E-state index in [1.165, 1.54) is 6.07 Å². The van der Waals surface area contributed by atoms with E-state index in [-0.39, 0.29) is 11.9 Å². The smallest absolute Gasteiger partial charge is 0.130 e. The van der Waals surface area contributed by atoms with Crippen LogP contribution in [-0.4, -0.2) is 19.2 Å². The van der Waals surface area contributed by atoms with Crippen LogP contribution in [0.2, 0.25) is 0 Å². The number of benzene rings is 1. The van der Waals surface area contributed by atoms with Crippen molar-refractivity contribution in [3.8, 4) is 0 Å². The summed E-state index contributed by atoms with van der Waals surface area (Å²) in [5.41, 5.74) is 0.679. The normalized spacial score (nSPS) is 23.8. The lowest BCUT2D eigenvalue weighted by Gasteiger charge is -2.33. The SMILES string of the molecule is CC(C)NCC1CCCOC1c1ccc(Br)cc1F. The van der Waals surface area contributed by atoms with Crippen molar-refractivity contribution >= 4 is 15.9 Å². The molecule has 1 aliphatic rings. The second-order valence-electron chi connectivity index (χ2n) is 5.42. The number of hydrogen-bond acceptors (Lipinski definition) is 2. The van der Waals surface area contributed by atoms with Crippen LogP contribution in [-0.2, 0) is 4.74 Å². The van der Waals surface area contributed by atoms with Gasteiger partial charge in [0.25, 0.3) is 0 Å². The van der Waals surface area contributed by atoms with Gasteiger partial charge in [0.15, 0.2) is 0 Å². The molecule has 0 saturated carbocycles. The monoisotopic (exact) mass is 329 g/mol. The number of nitrogens with one attached hydrogen (secondary N) is 1. The van der Waals surface area contributed by atoms with Gasteiger partial charge in [-0.25, -0.2) is 4.39 Å². The van der Waals surface area contributed by atoms with Gasteiger partial charge < -0.3 is 10.1 Å². The van der Waals surface area contributed by atoms with Crippen LogP contribution in [0.15, 0.2) is 22.7 Å². The highest BCUT2D eigenvalue weighted by atomic mass is 79.9. The Morgan fingerprint density at radius 1 is 1.47 bits per heavy atom. The summed E-state index contributed by atoms with van der Waals surface area (Å²) in [7, 11) is 0. The fourth-order valence-corrected chi connectivity index (χ4v) is 2.85. The highest BCUT2D eigenvalue weighted by Gasteiger charge is 2.29. The quantitative estimate of drug-likeness (QED) is 0.899. The van der Waals surface area contributed by atoms with Crippen molar-refractivity contribution in [1.29, 1.82) is 0 Å². The van der Waals surface area contributed by atoms with Gasteiger partial charge in [-0.3, -0.25) is 0 Å². The minimum Gasteiger partial charge on any atom is -0.373 e. The topological polar surface area (TPSA) is 21.3 Å². The van der Waals surface area contributed by atoms with E-state index in [1.807, 2.05) is 12.1 Å². The van der Waals surface area contributed by atoms with E-state index in [9.17, 15) is 4.39 Å². The van der Waals surface area contributed by atoms with Crippen LogP contribution in [0.5, 0.6) is 0 Å². The first kappa shape index (κ1) is 14.9. The third-order valence-electron chi connectivity index (χ3n) is 3.50.